The summed E-state index contributed by atoms with van der Waals surface area (Å²) in [5.74, 6) is 0.680. The van der Waals surface area contributed by atoms with E-state index >= 15 is 0 Å². The fourth-order valence-corrected chi connectivity index (χ4v) is 2.56. The molecule has 1 saturated carbocycles. The summed E-state index contributed by atoms with van der Waals surface area (Å²) < 4.78 is 5.19. The maximum Gasteiger partial charge on any atom is 0.0867 e. The van der Waals surface area contributed by atoms with Crippen LogP contribution in [0.15, 0.2) is 29.2 Å². The van der Waals surface area contributed by atoms with Gasteiger partial charge in [-0.25, -0.2) is 0 Å². The molecule has 2 N–H and O–H groups in total. The first-order chi connectivity index (χ1) is 9.28. The Bertz CT molecular complexity index is 365. The number of rotatable bonds is 9. The average Bonchev–Trinajstić information content (AvgIpc) is 3.26. The molecular weight excluding hydrogens is 258 g/mol. The van der Waals surface area contributed by atoms with Crippen LogP contribution in [0.5, 0.6) is 0 Å². The molecule has 19 heavy (non-hydrogen) atoms. The Hall–Kier alpha value is -0.550. The quantitative estimate of drug-likeness (QED) is 0.682. The van der Waals surface area contributed by atoms with Crippen LogP contribution in [0, 0.1) is 0 Å². The highest BCUT2D eigenvalue weighted by Crippen LogP contribution is 2.21. The van der Waals surface area contributed by atoms with E-state index in [1.54, 1.807) is 11.8 Å². The van der Waals surface area contributed by atoms with E-state index in [0.717, 1.165) is 12.6 Å². The molecule has 1 unspecified atom stereocenters. The van der Waals surface area contributed by atoms with Crippen LogP contribution in [0.4, 0.5) is 0 Å². The lowest BCUT2D eigenvalue weighted by Crippen LogP contribution is -2.17. The molecule has 1 fully saturated rings. The number of aliphatic hydroxyl groups is 1. The van der Waals surface area contributed by atoms with Gasteiger partial charge in [0.05, 0.1) is 12.7 Å². The lowest BCUT2D eigenvalue weighted by Gasteiger charge is -2.10. The fraction of sp³-hybridized carbons (Fsp3) is 0.600. The average molecular weight is 281 g/mol. The first-order valence-electron chi connectivity index (χ1n) is 6.99. The van der Waals surface area contributed by atoms with E-state index in [2.05, 4.69) is 29.6 Å². The van der Waals surface area contributed by atoms with Crippen molar-refractivity contribution >= 4 is 11.8 Å². The Morgan fingerprint density at radius 2 is 2.11 bits per heavy atom. The molecule has 1 aliphatic carbocycles. The summed E-state index contributed by atoms with van der Waals surface area (Å²) in [4.78, 5) is 1.20. The Kier molecular flexibility index (Phi) is 6.17. The number of thioether (sulfide) groups is 1. The summed E-state index contributed by atoms with van der Waals surface area (Å²) in [6.07, 6.45) is 2.26. The topological polar surface area (TPSA) is 41.5 Å². The summed E-state index contributed by atoms with van der Waals surface area (Å²) in [5, 5.41) is 13.2. The lowest BCUT2D eigenvalue weighted by atomic mass is 10.2. The minimum absolute atomic E-state index is 0.388. The van der Waals surface area contributed by atoms with Crippen LogP contribution in [0.25, 0.3) is 0 Å². The van der Waals surface area contributed by atoms with E-state index < -0.39 is 0 Å². The minimum Gasteiger partial charge on any atom is -0.390 e. The van der Waals surface area contributed by atoms with Gasteiger partial charge in [-0.15, -0.1) is 11.8 Å². The molecule has 106 valence electrons. The van der Waals surface area contributed by atoms with Gasteiger partial charge in [0.25, 0.3) is 0 Å². The van der Waals surface area contributed by atoms with E-state index in [9.17, 15) is 5.11 Å². The number of hydrogen-bond acceptors (Lipinski definition) is 4. The molecule has 0 spiro atoms. The maximum absolute atomic E-state index is 9.69. The molecule has 4 heteroatoms. The number of hydrogen-bond donors (Lipinski definition) is 2. The first-order valence-corrected chi connectivity index (χ1v) is 7.97. The zero-order valence-electron chi connectivity index (χ0n) is 11.5. The third kappa shape index (κ3) is 5.95. The van der Waals surface area contributed by atoms with Gasteiger partial charge in [-0.1, -0.05) is 12.1 Å². The standard InChI is InChI=1S/C15H23NO2S/c1-2-18-10-14(17)11-19-15-7-3-12(4-8-15)9-16-13-5-6-13/h3-4,7-8,13-14,16-17H,2,5-6,9-11H2,1H3. The summed E-state index contributed by atoms with van der Waals surface area (Å²) in [6, 6.07) is 9.33. The molecular formula is C15H23NO2S. The van der Waals surface area contributed by atoms with E-state index in [1.165, 1.54) is 23.3 Å². The summed E-state index contributed by atoms with van der Waals surface area (Å²) in [5.41, 5.74) is 1.33. The largest absolute Gasteiger partial charge is 0.390 e. The molecule has 1 aromatic carbocycles. The first kappa shape index (κ1) is 14.9. The highest BCUT2D eigenvalue weighted by atomic mass is 32.2. The van der Waals surface area contributed by atoms with Crippen molar-refractivity contribution in [1.82, 2.24) is 5.32 Å². The van der Waals surface area contributed by atoms with Gasteiger partial charge in [-0.05, 0) is 37.5 Å². The normalized spacial score (nSPS) is 16.5. The third-order valence-corrected chi connectivity index (χ3v) is 4.21. The Morgan fingerprint density at radius 3 is 2.74 bits per heavy atom. The predicted octanol–water partition coefficient (Wildman–Crippen LogP) is 2.43. The van der Waals surface area contributed by atoms with Crippen molar-refractivity contribution < 1.29 is 9.84 Å². The number of nitrogens with one attached hydrogen (secondary N) is 1. The number of aliphatic hydroxyl groups excluding tert-OH is 1. The van der Waals surface area contributed by atoms with Crippen molar-refractivity contribution in [2.24, 2.45) is 0 Å². The molecule has 0 radical (unpaired) electrons. The second-order valence-electron chi connectivity index (χ2n) is 4.92. The molecule has 0 aliphatic heterocycles. The third-order valence-electron chi connectivity index (χ3n) is 3.05. The highest BCUT2D eigenvalue weighted by Gasteiger charge is 2.19. The second-order valence-corrected chi connectivity index (χ2v) is 6.02. The summed E-state index contributed by atoms with van der Waals surface area (Å²) in [6.45, 7) is 3.98. The zero-order valence-corrected chi connectivity index (χ0v) is 12.3. The van der Waals surface area contributed by atoms with Gasteiger partial charge in [-0.3, -0.25) is 0 Å². The van der Waals surface area contributed by atoms with Crippen LogP contribution < -0.4 is 5.32 Å². The van der Waals surface area contributed by atoms with Crippen LogP contribution in [-0.4, -0.2) is 36.2 Å². The molecule has 1 aromatic rings. The fourth-order valence-electron chi connectivity index (χ4n) is 1.75. The van der Waals surface area contributed by atoms with Crippen molar-refractivity contribution in [3.05, 3.63) is 29.8 Å². The van der Waals surface area contributed by atoms with Gasteiger partial charge in [0.1, 0.15) is 0 Å². The van der Waals surface area contributed by atoms with Crippen LogP contribution >= 0.6 is 11.8 Å². The zero-order chi connectivity index (χ0) is 13.5. The number of benzene rings is 1. The van der Waals surface area contributed by atoms with Crippen LogP contribution in [0.3, 0.4) is 0 Å². The molecule has 3 nitrogen and oxygen atoms in total. The molecule has 0 saturated heterocycles. The lowest BCUT2D eigenvalue weighted by molar-refractivity contribution is 0.0551. The Labute approximate surface area is 119 Å². The molecule has 0 bridgehead atoms. The predicted molar refractivity (Wildman–Crippen MR) is 79.5 cm³/mol. The van der Waals surface area contributed by atoms with Gasteiger partial charge >= 0.3 is 0 Å². The van der Waals surface area contributed by atoms with Gasteiger partial charge in [0.15, 0.2) is 0 Å². The summed E-state index contributed by atoms with van der Waals surface area (Å²) in [7, 11) is 0. The van der Waals surface area contributed by atoms with Gasteiger partial charge in [0.2, 0.25) is 0 Å². The van der Waals surface area contributed by atoms with Crippen LogP contribution in [0.1, 0.15) is 25.3 Å². The van der Waals surface area contributed by atoms with Crippen LogP contribution in [0.2, 0.25) is 0 Å². The Morgan fingerprint density at radius 1 is 1.37 bits per heavy atom. The van der Waals surface area contributed by atoms with Crippen LogP contribution in [-0.2, 0) is 11.3 Å². The molecule has 0 aromatic heterocycles. The molecule has 0 amide bonds. The van der Waals surface area contributed by atoms with E-state index in [0.29, 0.717) is 19.0 Å². The SMILES string of the molecule is CCOCC(O)CSc1ccc(CNC2CC2)cc1. The van der Waals surface area contributed by atoms with Crippen molar-refractivity contribution in [3.63, 3.8) is 0 Å². The van der Waals surface area contributed by atoms with Gasteiger partial charge < -0.3 is 15.2 Å². The smallest absolute Gasteiger partial charge is 0.0867 e. The van der Waals surface area contributed by atoms with Gasteiger partial charge in [0, 0.05) is 29.8 Å². The second kappa shape index (κ2) is 7.90. The van der Waals surface area contributed by atoms with E-state index in [-0.39, 0.29) is 6.10 Å². The molecule has 1 aliphatic rings. The van der Waals surface area contributed by atoms with Crippen molar-refractivity contribution in [2.45, 2.75) is 43.4 Å². The van der Waals surface area contributed by atoms with Crippen molar-refractivity contribution in [2.75, 3.05) is 19.0 Å². The van der Waals surface area contributed by atoms with E-state index in [1.807, 2.05) is 6.92 Å². The molecule has 1 atom stereocenters. The maximum atomic E-state index is 9.69. The minimum atomic E-state index is -0.388. The van der Waals surface area contributed by atoms with Crippen molar-refractivity contribution in [3.8, 4) is 0 Å². The highest BCUT2D eigenvalue weighted by molar-refractivity contribution is 7.99. The van der Waals surface area contributed by atoms with E-state index in [4.69, 9.17) is 4.74 Å². The molecule has 2 rings (SSSR count). The Balaban J connectivity index is 1.68. The number of ether oxygens (including phenoxy) is 1. The monoisotopic (exact) mass is 281 g/mol. The summed E-state index contributed by atoms with van der Waals surface area (Å²) >= 11 is 1.67. The molecule has 0 heterocycles. The van der Waals surface area contributed by atoms with Crippen molar-refractivity contribution in [1.29, 1.82) is 0 Å². The van der Waals surface area contributed by atoms with Gasteiger partial charge in [-0.2, -0.15) is 0 Å².